The Labute approximate surface area is 77.2 Å². The molecule has 6 heavy (non-hydrogen) atoms. The number of halogens is 2. The first-order chi connectivity index (χ1) is 2.00. The molecule has 0 saturated carbocycles. The quantitative estimate of drug-likeness (QED) is 0.343. The predicted octanol–water partition coefficient (Wildman–Crippen LogP) is -5.00. The van der Waals surface area contributed by atoms with Gasteiger partial charge in [-0.3, -0.25) is 0 Å². The van der Waals surface area contributed by atoms with Crippen molar-refractivity contribution in [3.05, 3.63) is 7.11 Å². The van der Waals surface area contributed by atoms with Gasteiger partial charge < -0.3 is 22.1 Å². The van der Waals surface area contributed by atoms with Crippen LogP contribution in [0.4, 0.5) is 0 Å². The third-order valence-electron chi connectivity index (χ3n) is 0. The zero-order chi connectivity index (χ0) is 4.00. The molecule has 0 bridgehead atoms. The van der Waals surface area contributed by atoms with E-state index < -0.39 is 0 Å². The van der Waals surface area contributed by atoms with Crippen molar-refractivity contribution < 1.29 is 57.3 Å². The van der Waals surface area contributed by atoms with Crippen LogP contribution in [0.3, 0.4) is 0 Å². The van der Waals surface area contributed by atoms with E-state index in [2.05, 4.69) is 20.7 Å². The van der Waals surface area contributed by atoms with Crippen molar-refractivity contribution in [1.82, 2.24) is 0 Å². The van der Waals surface area contributed by atoms with Gasteiger partial charge in [-0.1, -0.05) is 0 Å². The molecule has 0 saturated heterocycles. The minimum absolute atomic E-state index is 0. The molecule has 1 N–H and O–H groups in total. The van der Waals surface area contributed by atoms with Crippen LogP contribution in [0.1, 0.15) is 0 Å². The predicted molar refractivity (Wildman–Crippen MR) is 16.2 cm³/mol. The molecule has 0 aliphatic heterocycles. The van der Waals surface area contributed by atoms with Gasteiger partial charge in [0.05, 0.1) is 0 Å². The van der Waals surface area contributed by atoms with Crippen molar-refractivity contribution in [3.8, 4) is 0 Å². The number of hydrogen-bond donors (Lipinski definition) is 1. The number of rotatable bonds is 0. The van der Waals surface area contributed by atoms with Gasteiger partial charge >= 0.3 is 48.8 Å². The summed E-state index contributed by atoms with van der Waals surface area (Å²) in [7, 11) is 2.25. The molecule has 0 aromatic carbocycles. The maximum atomic E-state index is 6.75. The molecule has 0 spiro atoms. The molecule has 0 aliphatic rings. The van der Waals surface area contributed by atoms with Crippen LogP contribution < -0.4 is 35.8 Å². The maximum absolute atomic E-state index is 6.75. The summed E-state index contributed by atoms with van der Waals surface area (Å²) in [4.78, 5) is 0. The first-order valence-electron chi connectivity index (χ1n) is 0.583. The van der Waals surface area contributed by atoms with Gasteiger partial charge in [0.2, 0.25) is 0 Å². The summed E-state index contributed by atoms with van der Waals surface area (Å²) >= 11 is 4.25. The summed E-state index contributed by atoms with van der Waals surface area (Å²) in [5, 5.41) is 6.75. The van der Waals surface area contributed by atoms with Gasteiger partial charge in [-0.15, -0.1) is 0 Å². The van der Waals surface area contributed by atoms with Crippen LogP contribution in [0.2, 0.25) is 0 Å². The van der Waals surface area contributed by atoms with E-state index in [4.69, 9.17) is 5.11 Å². The van der Waals surface area contributed by atoms with Crippen LogP contribution in [0.25, 0.3) is 0 Å². The van der Waals surface area contributed by atoms with Crippen LogP contribution in [0, 0.1) is 7.11 Å². The zero-order valence-corrected chi connectivity index (χ0v) is 9.76. The van der Waals surface area contributed by atoms with E-state index in [0.29, 0.717) is 0 Å². The van der Waals surface area contributed by atoms with E-state index in [0.717, 1.165) is 0 Å². The van der Waals surface area contributed by atoms with Gasteiger partial charge in [-0.25, -0.2) is 7.11 Å². The molecule has 5 heteroatoms. The summed E-state index contributed by atoms with van der Waals surface area (Å²) in [5.41, 5.74) is 0. The average Bonchev–Trinajstić information content (AvgIpc) is 1.50. The van der Waals surface area contributed by atoms with Crippen molar-refractivity contribution in [2.45, 2.75) is 0 Å². The van der Waals surface area contributed by atoms with Crippen LogP contribution in [-0.4, -0.2) is 5.11 Å². The van der Waals surface area contributed by atoms with Crippen molar-refractivity contribution >= 4 is 13.6 Å². The molecule has 0 aromatic rings. The second-order valence-corrected chi connectivity index (χ2v) is 0. The van der Waals surface area contributed by atoms with Crippen molar-refractivity contribution in [3.63, 3.8) is 0 Å². The molecule has 0 radical (unpaired) electrons. The summed E-state index contributed by atoms with van der Waals surface area (Å²) in [6, 6.07) is 0. The van der Waals surface area contributed by atoms with Gasteiger partial charge in [-0.05, 0) is 0 Å². The Kier molecular flexibility index (Phi) is 237. The molecular formula is CH3Br2LiOZn. The van der Waals surface area contributed by atoms with Gasteiger partial charge in [0, 0.05) is 0 Å². The monoisotopic (exact) mass is 260 g/mol. The van der Waals surface area contributed by atoms with Gasteiger partial charge in [0.15, 0.2) is 0 Å². The van der Waals surface area contributed by atoms with E-state index in [1.165, 1.54) is 16.3 Å². The first kappa shape index (κ1) is 24.2. The average molecular weight is 263 g/mol. The fourth-order valence-electron chi connectivity index (χ4n) is 0. The SMILES string of the molecule is [Br-].[CH2-]O.[Li+].[Zn+][Br]. The van der Waals surface area contributed by atoms with Crippen LogP contribution in [-0.2, 0) is 16.3 Å². The molecule has 1 nitrogen and oxygen atoms in total. The molecule has 0 aromatic heterocycles. The van der Waals surface area contributed by atoms with Gasteiger partial charge in [0.1, 0.15) is 0 Å². The fourth-order valence-corrected chi connectivity index (χ4v) is 0. The third kappa shape index (κ3) is 35.4. The first-order valence-corrected chi connectivity index (χ1v) is 7.53. The molecule has 30 valence electrons. The van der Waals surface area contributed by atoms with Gasteiger partial charge in [0.25, 0.3) is 0 Å². The van der Waals surface area contributed by atoms with Gasteiger partial charge in [-0.2, -0.15) is 0 Å². The normalized spacial score (nSPS) is 2.17. The van der Waals surface area contributed by atoms with Crippen molar-refractivity contribution in [1.29, 1.82) is 0 Å². The second kappa shape index (κ2) is 58.8. The number of aliphatic hydroxyl groups excluding tert-OH is 1. The van der Waals surface area contributed by atoms with E-state index >= 15 is 0 Å². The Morgan fingerprint density at radius 3 is 1.33 bits per heavy atom. The summed E-state index contributed by atoms with van der Waals surface area (Å²) < 4.78 is 0. The van der Waals surface area contributed by atoms with Crippen molar-refractivity contribution in [2.24, 2.45) is 0 Å². The molecular weight excluding hydrogens is 260 g/mol. The van der Waals surface area contributed by atoms with Crippen molar-refractivity contribution in [2.75, 3.05) is 0 Å². The topological polar surface area (TPSA) is 20.2 Å². The molecule has 0 aliphatic carbocycles. The van der Waals surface area contributed by atoms with E-state index in [-0.39, 0.29) is 35.8 Å². The Balaban J connectivity index is -0.00000000500. The summed E-state index contributed by atoms with van der Waals surface area (Å²) in [6.45, 7) is 0. The molecule has 0 atom stereocenters. The fraction of sp³-hybridized carbons (Fsp3) is 0. The summed E-state index contributed by atoms with van der Waals surface area (Å²) in [6.07, 6.45) is 0. The molecule has 0 heterocycles. The third-order valence-corrected chi connectivity index (χ3v) is 0. The second-order valence-electron chi connectivity index (χ2n) is 0. The minimum atomic E-state index is 0. The Hall–Kier alpha value is 2.14. The Morgan fingerprint density at radius 1 is 1.33 bits per heavy atom. The zero-order valence-electron chi connectivity index (χ0n) is 3.62. The molecule has 0 unspecified atom stereocenters. The van der Waals surface area contributed by atoms with Crippen LogP contribution in [0.15, 0.2) is 0 Å². The Morgan fingerprint density at radius 2 is 1.33 bits per heavy atom. The standard InChI is InChI=1S/CH3O.2BrH.Li.Zn/c1-2;;;;/h2H,1H2;2*1H;;/q-1;;;+1;+2/p-2. The van der Waals surface area contributed by atoms with E-state index in [9.17, 15) is 0 Å². The molecule has 0 fully saturated rings. The van der Waals surface area contributed by atoms with Crippen LogP contribution >= 0.6 is 13.6 Å². The summed E-state index contributed by atoms with van der Waals surface area (Å²) in [5.74, 6) is 0. The van der Waals surface area contributed by atoms with E-state index in [1.807, 2.05) is 0 Å². The molecule has 0 amide bonds. The molecule has 0 rings (SSSR count). The number of aliphatic hydroxyl groups is 1. The van der Waals surface area contributed by atoms with Crippen LogP contribution in [0.5, 0.6) is 0 Å². The number of hydrogen-bond acceptors (Lipinski definition) is 1. The Bertz CT molecular complexity index is 13.5. The van der Waals surface area contributed by atoms with E-state index in [1.54, 1.807) is 0 Å².